The zero-order valence-electron chi connectivity index (χ0n) is 11.2. The summed E-state index contributed by atoms with van der Waals surface area (Å²) in [4.78, 5) is 11.3. The van der Waals surface area contributed by atoms with Gasteiger partial charge in [0.15, 0.2) is 5.82 Å². The zero-order chi connectivity index (χ0) is 13.7. The third-order valence-corrected chi connectivity index (χ3v) is 4.28. The summed E-state index contributed by atoms with van der Waals surface area (Å²) in [6.45, 7) is 4.11. The molecular formula is C15H15ClN4. The van der Waals surface area contributed by atoms with Crippen molar-refractivity contribution in [2.75, 3.05) is 23.3 Å². The molecule has 20 heavy (non-hydrogen) atoms. The van der Waals surface area contributed by atoms with Gasteiger partial charge in [0.05, 0.1) is 16.4 Å². The molecule has 0 radical (unpaired) electrons. The second kappa shape index (κ2) is 4.35. The van der Waals surface area contributed by atoms with Gasteiger partial charge in [-0.25, -0.2) is 4.98 Å². The number of pyridine rings is 2. The number of nitrogens with zero attached hydrogens (tertiary/aromatic N) is 3. The van der Waals surface area contributed by atoms with Crippen LogP contribution >= 0.6 is 11.6 Å². The molecule has 0 aliphatic carbocycles. The first-order valence-electron chi connectivity index (χ1n) is 6.86. The monoisotopic (exact) mass is 286 g/mol. The van der Waals surface area contributed by atoms with E-state index in [1.165, 1.54) is 0 Å². The van der Waals surface area contributed by atoms with Gasteiger partial charge in [0.1, 0.15) is 0 Å². The van der Waals surface area contributed by atoms with Crippen LogP contribution in [0, 0.1) is 6.92 Å². The molecule has 1 atom stereocenters. The average Bonchev–Trinajstić information content (AvgIpc) is 2.82. The number of halogens is 1. The van der Waals surface area contributed by atoms with Gasteiger partial charge >= 0.3 is 0 Å². The molecule has 2 aliphatic rings. The lowest BCUT2D eigenvalue weighted by Gasteiger charge is -2.28. The number of rotatable bonds is 1. The molecule has 4 rings (SSSR count). The van der Waals surface area contributed by atoms with E-state index in [1.54, 1.807) is 6.20 Å². The van der Waals surface area contributed by atoms with Crippen molar-refractivity contribution >= 4 is 23.1 Å². The van der Waals surface area contributed by atoms with Crippen molar-refractivity contribution in [2.24, 2.45) is 0 Å². The third-order valence-electron chi connectivity index (χ3n) is 4.00. The van der Waals surface area contributed by atoms with Crippen molar-refractivity contribution in [3.63, 3.8) is 0 Å². The lowest BCUT2D eigenvalue weighted by Crippen LogP contribution is -2.32. The van der Waals surface area contributed by atoms with Gasteiger partial charge in [0, 0.05) is 36.6 Å². The second-order valence-electron chi connectivity index (χ2n) is 5.45. The van der Waals surface area contributed by atoms with Gasteiger partial charge in [-0.3, -0.25) is 4.98 Å². The van der Waals surface area contributed by atoms with Crippen LogP contribution < -0.4 is 10.2 Å². The van der Waals surface area contributed by atoms with E-state index in [0.717, 1.165) is 48.0 Å². The molecule has 2 aromatic rings. The number of hydrogen-bond acceptors (Lipinski definition) is 4. The fourth-order valence-corrected chi connectivity index (χ4v) is 3.27. The van der Waals surface area contributed by atoms with Crippen molar-refractivity contribution in [3.05, 3.63) is 35.1 Å². The van der Waals surface area contributed by atoms with Crippen LogP contribution in [0.1, 0.15) is 12.1 Å². The maximum atomic E-state index is 6.45. The molecule has 1 fully saturated rings. The molecule has 0 saturated carbocycles. The van der Waals surface area contributed by atoms with Gasteiger partial charge in [0.2, 0.25) is 0 Å². The first-order valence-corrected chi connectivity index (χ1v) is 7.23. The van der Waals surface area contributed by atoms with Crippen LogP contribution in [0.4, 0.5) is 11.5 Å². The Morgan fingerprint density at radius 3 is 3.15 bits per heavy atom. The van der Waals surface area contributed by atoms with Crippen LogP contribution in [0.2, 0.25) is 5.02 Å². The highest BCUT2D eigenvalue weighted by atomic mass is 35.5. The van der Waals surface area contributed by atoms with Gasteiger partial charge in [-0.15, -0.1) is 0 Å². The fourth-order valence-electron chi connectivity index (χ4n) is 3.01. The Balaban J connectivity index is 1.85. The Labute approximate surface area is 122 Å². The number of aromatic nitrogens is 2. The topological polar surface area (TPSA) is 41.1 Å². The van der Waals surface area contributed by atoms with Crippen molar-refractivity contribution in [3.8, 4) is 11.3 Å². The standard InChI is InChI=1S/C15H15ClN4/c1-9-6-10(2-4-17-9)14-12(16)7-13-15(19-14)18-11-3-5-20(13)8-11/h2,4,6-7,11H,3,5,8H2,1H3,(H,18,19)/t11-/m0/s1. The van der Waals surface area contributed by atoms with Crippen LogP contribution in [0.3, 0.4) is 0 Å². The van der Waals surface area contributed by atoms with Gasteiger partial charge in [0.25, 0.3) is 0 Å². The molecule has 5 heteroatoms. The van der Waals surface area contributed by atoms with Crippen LogP contribution in [-0.2, 0) is 0 Å². The van der Waals surface area contributed by atoms with E-state index in [9.17, 15) is 0 Å². The van der Waals surface area contributed by atoms with Crippen molar-refractivity contribution < 1.29 is 0 Å². The Hall–Kier alpha value is -1.81. The SMILES string of the molecule is Cc1cc(-c2nc3c(cc2Cl)N2CC[C@@H](C2)N3)ccn1. The molecule has 2 aliphatic heterocycles. The highest BCUT2D eigenvalue weighted by molar-refractivity contribution is 6.33. The van der Waals surface area contributed by atoms with Crippen LogP contribution in [0.5, 0.6) is 0 Å². The highest BCUT2D eigenvalue weighted by Gasteiger charge is 2.31. The Morgan fingerprint density at radius 1 is 1.40 bits per heavy atom. The first-order chi connectivity index (χ1) is 9.70. The summed E-state index contributed by atoms with van der Waals surface area (Å²) >= 11 is 6.45. The Kier molecular flexibility index (Phi) is 2.60. The van der Waals surface area contributed by atoms with Crippen LogP contribution in [-0.4, -0.2) is 29.1 Å². The van der Waals surface area contributed by atoms with Gasteiger partial charge in [-0.2, -0.15) is 0 Å². The number of nitrogens with one attached hydrogen (secondary N) is 1. The molecule has 0 amide bonds. The summed E-state index contributed by atoms with van der Waals surface area (Å²) in [7, 11) is 0. The maximum Gasteiger partial charge on any atom is 0.150 e. The van der Waals surface area contributed by atoms with Crippen molar-refractivity contribution in [2.45, 2.75) is 19.4 Å². The second-order valence-corrected chi connectivity index (χ2v) is 5.86. The molecule has 1 N–H and O–H groups in total. The molecule has 4 heterocycles. The molecule has 0 unspecified atom stereocenters. The minimum absolute atomic E-state index is 0.517. The van der Waals surface area contributed by atoms with Gasteiger partial charge < -0.3 is 10.2 Å². The smallest absolute Gasteiger partial charge is 0.150 e. The Morgan fingerprint density at radius 2 is 2.30 bits per heavy atom. The van der Waals surface area contributed by atoms with E-state index >= 15 is 0 Å². The van der Waals surface area contributed by atoms with E-state index in [1.807, 2.05) is 25.1 Å². The van der Waals surface area contributed by atoms with E-state index in [0.29, 0.717) is 11.1 Å². The maximum absolute atomic E-state index is 6.45. The van der Waals surface area contributed by atoms with Crippen LogP contribution in [0.15, 0.2) is 24.4 Å². The normalized spacial score (nSPS) is 19.7. The Bertz CT molecular complexity index is 686. The molecule has 2 aromatic heterocycles. The molecular weight excluding hydrogens is 272 g/mol. The summed E-state index contributed by atoms with van der Waals surface area (Å²) in [6, 6.07) is 6.51. The van der Waals surface area contributed by atoms with Gasteiger partial charge in [-0.1, -0.05) is 11.6 Å². The summed E-state index contributed by atoms with van der Waals surface area (Å²) in [5.74, 6) is 0.951. The molecule has 4 nitrogen and oxygen atoms in total. The van der Waals surface area contributed by atoms with E-state index < -0.39 is 0 Å². The number of hydrogen-bond donors (Lipinski definition) is 1. The third kappa shape index (κ3) is 1.83. The zero-order valence-corrected chi connectivity index (χ0v) is 12.0. The van der Waals surface area contributed by atoms with E-state index in [4.69, 9.17) is 16.6 Å². The predicted octanol–water partition coefficient (Wildman–Crippen LogP) is 3.11. The number of aryl methyl sites for hydroxylation is 1. The summed E-state index contributed by atoms with van der Waals surface area (Å²) in [6.07, 6.45) is 2.96. The molecule has 0 spiro atoms. The van der Waals surface area contributed by atoms with Crippen molar-refractivity contribution in [1.82, 2.24) is 9.97 Å². The fraction of sp³-hybridized carbons (Fsp3) is 0.333. The lowest BCUT2D eigenvalue weighted by molar-refractivity contribution is 0.788. The highest BCUT2D eigenvalue weighted by Crippen LogP contribution is 2.39. The largest absolute Gasteiger partial charge is 0.366 e. The number of fused-ring (bicyclic) bond motifs is 4. The van der Waals surface area contributed by atoms with Crippen molar-refractivity contribution in [1.29, 1.82) is 0 Å². The number of anilines is 2. The average molecular weight is 287 g/mol. The summed E-state index contributed by atoms with van der Waals surface area (Å²) in [5, 5.41) is 4.21. The van der Waals surface area contributed by atoms with E-state index in [2.05, 4.69) is 15.2 Å². The van der Waals surface area contributed by atoms with Crippen LogP contribution in [0.25, 0.3) is 11.3 Å². The minimum atomic E-state index is 0.517. The lowest BCUT2D eigenvalue weighted by atomic mass is 10.1. The summed E-state index contributed by atoms with van der Waals surface area (Å²) in [5.41, 5.74) is 3.93. The van der Waals surface area contributed by atoms with E-state index in [-0.39, 0.29) is 0 Å². The molecule has 1 saturated heterocycles. The molecule has 0 aromatic carbocycles. The van der Waals surface area contributed by atoms with Gasteiger partial charge in [-0.05, 0) is 31.5 Å². The minimum Gasteiger partial charge on any atom is -0.366 e. The molecule has 2 bridgehead atoms. The molecule has 102 valence electrons. The summed E-state index contributed by atoms with van der Waals surface area (Å²) < 4.78 is 0. The predicted molar refractivity (Wildman–Crippen MR) is 81.5 cm³/mol. The quantitative estimate of drug-likeness (QED) is 0.874. The first kappa shape index (κ1) is 12.0.